The lowest BCUT2D eigenvalue weighted by atomic mass is 10.1. The summed E-state index contributed by atoms with van der Waals surface area (Å²) < 4.78 is 11.3. The van der Waals surface area contributed by atoms with Gasteiger partial charge >= 0.3 is 0 Å². The summed E-state index contributed by atoms with van der Waals surface area (Å²) in [4.78, 5) is 12.3. The van der Waals surface area contributed by atoms with Gasteiger partial charge in [-0.15, -0.1) is 0 Å². The molecule has 1 unspecified atom stereocenters. The van der Waals surface area contributed by atoms with Crippen molar-refractivity contribution in [2.75, 3.05) is 11.9 Å². The summed E-state index contributed by atoms with van der Waals surface area (Å²) in [6.07, 6.45) is 0.310. The van der Waals surface area contributed by atoms with Crippen LogP contribution in [0.1, 0.15) is 27.2 Å². The Kier molecular flexibility index (Phi) is 7.14. The molecule has 0 bridgehead atoms. The van der Waals surface area contributed by atoms with Gasteiger partial charge in [0, 0.05) is 11.8 Å². The van der Waals surface area contributed by atoms with Gasteiger partial charge in [0.1, 0.15) is 11.5 Å². The number of carbonyl (C=O) groups excluding carboxylic acids is 1. The van der Waals surface area contributed by atoms with Crippen LogP contribution >= 0.6 is 11.6 Å². The van der Waals surface area contributed by atoms with Gasteiger partial charge in [-0.05, 0) is 43.5 Å². The van der Waals surface area contributed by atoms with Crippen molar-refractivity contribution in [1.82, 2.24) is 0 Å². The van der Waals surface area contributed by atoms with Gasteiger partial charge in [0.2, 0.25) is 0 Å². The molecule has 2 aromatic rings. The number of ether oxygens (including phenoxy) is 2. The van der Waals surface area contributed by atoms with Crippen LogP contribution in [0.3, 0.4) is 0 Å². The van der Waals surface area contributed by atoms with E-state index in [1.165, 1.54) is 0 Å². The fourth-order valence-corrected chi connectivity index (χ4v) is 2.28. The van der Waals surface area contributed by atoms with Gasteiger partial charge in [-0.25, -0.2) is 0 Å². The number of hydrogen-bond donors (Lipinski definition) is 1. The minimum absolute atomic E-state index is 0.251. The van der Waals surface area contributed by atoms with Gasteiger partial charge in [0.25, 0.3) is 5.91 Å². The van der Waals surface area contributed by atoms with Crippen LogP contribution in [0.5, 0.6) is 11.5 Å². The Hall–Kier alpha value is -2.20. The fourth-order valence-electron chi connectivity index (χ4n) is 2.10. The Labute approximate surface area is 154 Å². The highest BCUT2D eigenvalue weighted by atomic mass is 35.5. The molecule has 0 aromatic heterocycles. The Bertz CT molecular complexity index is 703. The molecule has 1 amide bonds. The second-order valence-corrected chi connectivity index (χ2v) is 6.65. The standard InChI is InChI=1S/C20H24ClNO3/c1-14(2)11-12-24-17-8-6-7-16(13-17)22-20(23)15(3)25-19-10-5-4-9-18(19)21/h4-10,13-15H,11-12H2,1-3H3,(H,22,23). The highest BCUT2D eigenvalue weighted by Gasteiger charge is 2.16. The van der Waals surface area contributed by atoms with Gasteiger partial charge in [0.05, 0.1) is 11.6 Å². The summed E-state index contributed by atoms with van der Waals surface area (Å²) in [5, 5.41) is 3.31. The van der Waals surface area contributed by atoms with E-state index in [1.807, 2.05) is 30.3 Å². The topological polar surface area (TPSA) is 47.6 Å². The molecule has 2 aromatic carbocycles. The first-order chi connectivity index (χ1) is 12.0. The third-order valence-electron chi connectivity index (χ3n) is 3.58. The van der Waals surface area contributed by atoms with Crippen molar-refractivity contribution in [1.29, 1.82) is 0 Å². The van der Waals surface area contributed by atoms with Crippen molar-refractivity contribution in [2.45, 2.75) is 33.3 Å². The van der Waals surface area contributed by atoms with Crippen molar-refractivity contribution in [3.8, 4) is 11.5 Å². The van der Waals surface area contributed by atoms with Crippen molar-refractivity contribution >= 4 is 23.2 Å². The summed E-state index contributed by atoms with van der Waals surface area (Å²) in [7, 11) is 0. The van der Waals surface area contributed by atoms with Crippen LogP contribution in [0.15, 0.2) is 48.5 Å². The molecule has 1 N–H and O–H groups in total. The molecule has 0 saturated heterocycles. The van der Waals surface area contributed by atoms with Crippen molar-refractivity contribution in [3.63, 3.8) is 0 Å². The minimum Gasteiger partial charge on any atom is -0.494 e. The van der Waals surface area contributed by atoms with Gasteiger partial charge in [-0.2, -0.15) is 0 Å². The zero-order valence-corrected chi connectivity index (χ0v) is 15.5. The molecule has 0 fully saturated rings. The molecule has 1 atom stereocenters. The summed E-state index contributed by atoms with van der Waals surface area (Å²) in [5.41, 5.74) is 0.668. The first-order valence-corrected chi connectivity index (χ1v) is 8.78. The third-order valence-corrected chi connectivity index (χ3v) is 3.89. The van der Waals surface area contributed by atoms with Crippen LogP contribution in [-0.2, 0) is 4.79 Å². The van der Waals surface area contributed by atoms with E-state index in [4.69, 9.17) is 21.1 Å². The molecular formula is C20H24ClNO3. The average molecular weight is 362 g/mol. The van der Waals surface area contributed by atoms with E-state index in [2.05, 4.69) is 19.2 Å². The summed E-state index contributed by atoms with van der Waals surface area (Å²) >= 11 is 6.05. The average Bonchev–Trinajstić information content (AvgIpc) is 2.57. The third kappa shape index (κ3) is 6.31. The monoisotopic (exact) mass is 361 g/mol. The lowest BCUT2D eigenvalue weighted by Crippen LogP contribution is -2.30. The molecule has 2 rings (SSSR count). The first-order valence-electron chi connectivity index (χ1n) is 8.40. The predicted octanol–water partition coefficient (Wildman–Crippen LogP) is 5.17. The van der Waals surface area contributed by atoms with Crippen molar-refractivity contribution in [2.24, 2.45) is 5.92 Å². The van der Waals surface area contributed by atoms with Crippen molar-refractivity contribution < 1.29 is 14.3 Å². The second kappa shape index (κ2) is 9.33. The molecule has 5 heteroatoms. The van der Waals surface area contributed by atoms with Crippen LogP contribution in [0.4, 0.5) is 5.69 Å². The number of hydrogen-bond acceptors (Lipinski definition) is 3. The molecule has 4 nitrogen and oxygen atoms in total. The molecule has 0 aliphatic rings. The van der Waals surface area contributed by atoms with E-state index in [9.17, 15) is 4.79 Å². The van der Waals surface area contributed by atoms with Gasteiger partial charge in [-0.3, -0.25) is 4.79 Å². The molecule has 0 spiro atoms. The van der Waals surface area contributed by atoms with Crippen molar-refractivity contribution in [3.05, 3.63) is 53.6 Å². The van der Waals surface area contributed by atoms with E-state index in [0.717, 1.165) is 12.2 Å². The van der Waals surface area contributed by atoms with E-state index < -0.39 is 6.10 Å². The summed E-state index contributed by atoms with van der Waals surface area (Å²) in [6, 6.07) is 14.4. The first kappa shape index (κ1) is 19.1. The van der Waals surface area contributed by atoms with Crippen LogP contribution in [0, 0.1) is 5.92 Å². The highest BCUT2D eigenvalue weighted by molar-refractivity contribution is 6.32. The molecule has 25 heavy (non-hydrogen) atoms. The number of nitrogens with one attached hydrogen (secondary N) is 1. The van der Waals surface area contributed by atoms with Gasteiger partial charge in [0.15, 0.2) is 6.10 Å². The van der Waals surface area contributed by atoms with E-state index in [-0.39, 0.29) is 5.91 Å². The second-order valence-electron chi connectivity index (χ2n) is 6.24. The van der Waals surface area contributed by atoms with Gasteiger partial charge < -0.3 is 14.8 Å². The Morgan fingerprint density at radius 2 is 1.88 bits per heavy atom. The maximum Gasteiger partial charge on any atom is 0.265 e. The fraction of sp³-hybridized carbons (Fsp3) is 0.350. The molecular weight excluding hydrogens is 338 g/mol. The highest BCUT2D eigenvalue weighted by Crippen LogP contribution is 2.24. The number of halogens is 1. The smallest absolute Gasteiger partial charge is 0.265 e. The largest absolute Gasteiger partial charge is 0.494 e. The Morgan fingerprint density at radius 3 is 2.60 bits per heavy atom. The number of benzene rings is 2. The predicted molar refractivity (Wildman–Crippen MR) is 102 cm³/mol. The maximum atomic E-state index is 12.3. The number of amides is 1. The number of rotatable bonds is 8. The number of anilines is 1. The Balaban J connectivity index is 1.92. The zero-order valence-electron chi connectivity index (χ0n) is 14.8. The SMILES string of the molecule is CC(C)CCOc1cccc(NC(=O)C(C)Oc2ccccc2Cl)c1. The van der Waals surface area contributed by atoms with Crippen LogP contribution < -0.4 is 14.8 Å². The molecule has 134 valence electrons. The number of para-hydroxylation sites is 1. The molecule has 0 aliphatic carbocycles. The maximum absolute atomic E-state index is 12.3. The lowest BCUT2D eigenvalue weighted by molar-refractivity contribution is -0.122. The number of carbonyl (C=O) groups is 1. The summed E-state index contributed by atoms with van der Waals surface area (Å²) in [6.45, 7) is 6.64. The zero-order chi connectivity index (χ0) is 18.2. The molecule has 0 radical (unpaired) electrons. The van der Waals surface area contributed by atoms with Crippen LogP contribution in [0.25, 0.3) is 0 Å². The van der Waals surface area contributed by atoms with E-state index >= 15 is 0 Å². The minimum atomic E-state index is -0.676. The van der Waals surface area contributed by atoms with E-state index in [1.54, 1.807) is 25.1 Å². The summed E-state index contributed by atoms with van der Waals surface area (Å²) in [5.74, 6) is 1.56. The van der Waals surface area contributed by atoms with Crippen LogP contribution in [0.2, 0.25) is 5.02 Å². The van der Waals surface area contributed by atoms with E-state index in [0.29, 0.717) is 29.0 Å². The molecule has 0 saturated carbocycles. The van der Waals surface area contributed by atoms with Crippen LogP contribution in [-0.4, -0.2) is 18.6 Å². The molecule has 0 aliphatic heterocycles. The van der Waals surface area contributed by atoms with Gasteiger partial charge in [-0.1, -0.05) is 43.6 Å². The molecule has 0 heterocycles. The lowest BCUT2D eigenvalue weighted by Gasteiger charge is -2.16. The Morgan fingerprint density at radius 1 is 1.12 bits per heavy atom. The normalized spacial score (nSPS) is 11.9. The quantitative estimate of drug-likeness (QED) is 0.705.